The second kappa shape index (κ2) is 7.37. The number of ether oxygens (including phenoxy) is 2. The number of hydrogen-bond donors (Lipinski definition) is 0. The molecule has 1 fully saturated rings. The highest BCUT2D eigenvalue weighted by Gasteiger charge is 2.22. The number of hydrogen-bond acceptors (Lipinski definition) is 5. The molecule has 6 heteroatoms. The highest BCUT2D eigenvalue weighted by Crippen LogP contribution is 2.19. The summed E-state index contributed by atoms with van der Waals surface area (Å²) in [7, 11) is 1.57. The molecule has 2 heterocycles. The number of benzene rings is 1. The number of aromatic nitrogens is 2. The van der Waals surface area contributed by atoms with Crippen molar-refractivity contribution in [2.24, 2.45) is 0 Å². The number of rotatable bonds is 5. The van der Waals surface area contributed by atoms with Crippen molar-refractivity contribution in [3.8, 4) is 11.8 Å². The van der Waals surface area contributed by atoms with Crippen LogP contribution in [-0.2, 0) is 6.54 Å². The van der Waals surface area contributed by atoms with Crippen molar-refractivity contribution >= 4 is 0 Å². The molecular formula is C17H20FN3O2. The molecule has 1 aromatic carbocycles. The average molecular weight is 317 g/mol. The van der Waals surface area contributed by atoms with Gasteiger partial charge in [0.15, 0.2) is 5.75 Å². The summed E-state index contributed by atoms with van der Waals surface area (Å²) in [5.74, 6) is 0.441. The summed E-state index contributed by atoms with van der Waals surface area (Å²) in [5.41, 5.74) is 0.717. The molecule has 1 saturated heterocycles. The Morgan fingerprint density at radius 1 is 1.26 bits per heavy atom. The Bertz CT molecular complexity index is 636. The lowest BCUT2D eigenvalue weighted by molar-refractivity contribution is 0.0763. The van der Waals surface area contributed by atoms with Gasteiger partial charge in [0.2, 0.25) is 0 Å². The Hall–Kier alpha value is -2.21. The summed E-state index contributed by atoms with van der Waals surface area (Å²) in [5, 5.41) is 0. The van der Waals surface area contributed by atoms with E-state index in [1.54, 1.807) is 25.6 Å². The summed E-state index contributed by atoms with van der Waals surface area (Å²) in [4.78, 5) is 10.5. The Balaban J connectivity index is 1.58. The van der Waals surface area contributed by atoms with E-state index in [2.05, 4.69) is 14.9 Å². The maximum absolute atomic E-state index is 13.8. The zero-order valence-electron chi connectivity index (χ0n) is 13.1. The molecule has 5 nitrogen and oxygen atoms in total. The SMILES string of the molecule is COc1cnc(OC2CCCN(Cc3ccccc3F)C2)nc1. The lowest BCUT2D eigenvalue weighted by atomic mass is 10.1. The molecule has 2 aromatic rings. The normalized spacial score (nSPS) is 18.6. The van der Waals surface area contributed by atoms with Crippen LogP contribution in [0.5, 0.6) is 11.8 Å². The minimum Gasteiger partial charge on any atom is -0.494 e. The van der Waals surface area contributed by atoms with Crippen LogP contribution < -0.4 is 9.47 Å². The number of halogens is 1. The number of likely N-dealkylation sites (tertiary alicyclic amines) is 1. The molecule has 122 valence electrons. The quantitative estimate of drug-likeness (QED) is 0.848. The minimum absolute atomic E-state index is 0.0175. The number of piperidine rings is 1. The third-order valence-electron chi connectivity index (χ3n) is 3.93. The summed E-state index contributed by atoms with van der Waals surface area (Å²) in [6.07, 6.45) is 5.15. The molecule has 3 rings (SSSR count). The topological polar surface area (TPSA) is 47.5 Å². The van der Waals surface area contributed by atoms with Crippen LogP contribution in [0.15, 0.2) is 36.7 Å². The van der Waals surface area contributed by atoms with Gasteiger partial charge in [-0.05, 0) is 25.5 Å². The largest absolute Gasteiger partial charge is 0.494 e. The van der Waals surface area contributed by atoms with Gasteiger partial charge in [-0.3, -0.25) is 4.90 Å². The van der Waals surface area contributed by atoms with Gasteiger partial charge in [-0.15, -0.1) is 0 Å². The monoisotopic (exact) mass is 317 g/mol. The first kappa shape index (κ1) is 15.7. The van der Waals surface area contributed by atoms with Crippen LogP contribution in [0.3, 0.4) is 0 Å². The first-order chi connectivity index (χ1) is 11.2. The molecule has 23 heavy (non-hydrogen) atoms. The maximum Gasteiger partial charge on any atom is 0.316 e. The van der Waals surface area contributed by atoms with Crippen molar-refractivity contribution in [3.05, 3.63) is 48.0 Å². The van der Waals surface area contributed by atoms with E-state index in [1.165, 1.54) is 6.07 Å². The average Bonchev–Trinajstić information content (AvgIpc) is 2.58. The maximum atomic E-state index is 13.8. The molecule has 0 saturated carbocycles. The zero-order valence-corrected chi connectivity index (χ0v) is 13.1. The molecular weight excluding hydrogens is 297 g/mol. The molecule has 1 aliphatic heterocycles. The molecule has 1 unspecified atom stereocenters. The fraction of sp³-hybridized carbons (Fsp3) is 0.412. The standard InChI is InChI=1S/C17H20FN3O2/c1-22-15-9-19-17(20-10-15)23-14-6-4-8-21(12-14)11-13-5-2-3-7-16(13)18/h2-3,5,7,9-10,14H,4,6,8,11-12H2,1H3. The van der Waals surface area contributed by atoms with E-state index < -0.39 is 0 Å². The van der Waals surface area contributed by atoms with E-state index >= 15 is 0 Å². The summed E-state index contributed by atoms with van der Waals surface area (Å²) in [6, 6.07) is 7.25. The van der Waals surface area contributed by atoms with Crippen LogP contribution in [0.4, 0.5) is 4.39 Å². The van der Waals surface area contributed by atoms with Gasteiger partial charge in [0, 0.05) is 18.7 Å². The van der Waals surface area contributed by atoms with E-state index in [1.807, 2.05) is 12.1 Å². The molecule has 0 aliphatic carbocycles. The first-order valence-electron chi connectivity index (χ1n) is 7.73. The van der Waals surface area contributed by atoms with Gasteiger partial charge in [-0.2, -0.15) is 9.97 Å². The van der Waals surface area contributed by atoms with Crippen molar-refractivity contribution in [2.75, 3.05) is 20.2 Å². The lowest BCUT2D eigenvalue weighted by Gasteiger charge is -2.32. The third kappa shape index (κ3) is 4.16. The second-order valence-corrected chi connectivity index (χ2v) is 5.61. The fourth-order valence-corrected chi connectivity index (χ4v) is 2.74. The third-order valence-corrected chi connectivity index (χ3v) is 3.93. The van der Waals surface area contributed by atoms with Crippen LogP contribution in [0, 0.1) is 5.82 Å². The molecule has 0 amide bonds. The lowest BCUT2D eigenvalue weighted by Crippen LogP contribution is -2.41. The predicted octanol–water partition coefficient (Wildman–Crippen LogP) is 2.67. The van der Waals surface area contributed by atoms with Gasteiger partial charge >= 0.3 is 6.01 Å². The second-order valence-electron chi connectivity index (χ2n) is 5.61. The molecule has 1 atom stereocenters. The number of methoxy groups -OCH3 is 1. The molecule has 0 bridgehead atoms. The van der Waals surface area contributed by atoms with Gasteiger partial charge in [0.1, 0.15) is 11.9 Å². The van der Waals surface area contributed by atoms with E-state index in [0.717, 1.165) is 25.9 Å². The molecule has 0 N–H and O–H groups in total. The smallest absolute Gasteiger partial charge is 0.316 e. The van der Waals surface area contributed by atoms with Crippen LogP contribution in [0.2, 0.25) is 0 Å². The van der Waals surface area contributed by atoms with Crippen molar-refractivity contribution in [2.45, 2.75) is 25.5 Å². The van der Waals surface area contributed by atoms with E-state index in [4.69, 9.17) is 9.47 Å². The van der Waals surface area contributed by atoms with Gasteiger partial charge < -0.3 is 9.47 Å². The number of nitrogens with zero attached hydrogens (tertiary/aromatic N) is 3. The summed E-state index contributed by atoms with van der Waals surface area (Å²) in [6.45, 7) is 2.28. The van der Waals surface area contributed by atoms with Crippen LogP contribution in [0.25, 0.3) is 0 Å². The molecule has 1 aromatic heterocycles. The fourth-order valence-electron chi connectivity index (χ4n) is 2.74. The van der Waals surface area contributed by atoms with Crippen molar-refractivity contribution in [3.63, 3.8) is 0 Å². The van der Waals surface area contributed by atoms with Crippen LogP contribution >= 0.6 is 0 Å². The highest BCUT2D eigenvalue weighted by molar-refractivity contribution is 5.17. The van der Waals surface area contributed by atoms with Gasteiger partial charge in [0.25, 0.3) is 0 Å². The van der Waals surface area contributed by atoms with E-state index in [0.29, 0.717) is 23.9 Å². The van der Waals surface area contributed by atoms with E-state index in [-0.39, 0.29) is 11.9 Å². The van der Waals surface area contributed by atoms with Crippen LogP contribution in [-0.4, -0.2) is 41.2 Å². The van der Waals surface area contributed by atoms with Gasteiger partial charge in [-0.1, -0.05) is 18.2 Å². The summed E-state index contributed by atoms with van der Waals surface area (Å²) < 4.78 is 24.6. The van der Waals surface area contributed by atoms with E-state index in [9.17, 15) is 4.39 Å². The zero-order chi connectivity index (χ0) is 16.1. The molecule has 1 aliphatic rings. The Kier molecular flexibility index (Phi) is 5.02. The minimum atomic E-state index is -0.158. The van der Waals surface area contributed by atoms with Crippen molar-refractivity contribution in [1.82, 2.24) is 14.9 Å². The van der Waals surface area contributed by atoms with Crippen molar-refractivity contribution in [1.29, 1.82) is 0 Å². The van der Waals surface area contributed by atoms with Crippen LogP contribution in [0.1, 0.15) is 18.4 Å². The molecule has 0 radical (unpaired) electrons. The van der Waals surface area contributed by atoms with Gasteiger partial charge in [0.05, 0.1) is 19.5 Å². The highest BCUT2D eigenvalue weighted by atomic mass is 19.1. The Morgan fingerprint density at radius 2 is 2.04 bits per heavy atom. The van der Waals surface area contributed by atoms with Crippen molar-refractivity contribution < 1.29 is 13.9 Å². The Labute approximate surface area is 135 Å². The van der Waals surface area contributed by atoms with Gasteiger partial charge in [-0.25, -0.2) is 4.39 Å². The molecule has 0 spiro atoms. The predicted molar refractivity (Wildman–Crippen MR) is 83.9 cm³/mol. The first-order valence-corrected chi connectivity index (χ1v) is 7.73. The summed E-state index contributed by atoms with van der Waals surface area (Å²) >= 11 is 0. The Morgan fingerprint density at radius 3 is 2.78 bits per heavy atom.